The van der Waals surface area contributed by atoms with Crippen molar-refractivity contribution < 1.29 is 0 Å². The van der Waals surface area contributed by atoms with Gasteiger partial charge in [-0.05, 0) is 41.7 Å². The summed E-state index contributed by atoms with van der Waals surface area (Å²) >= 11 is 0. The van der Waals surface area contributed by atoms with Gasteiger partial charge in [0, 0.05) is 5.92 Å². The molecule has 0 aromatic heterocycles. The highest BCUT2D eigenvalue weighted by molar-refractivity contribution is 5.49. The molecule has 0 N–H and O–H groups in total. The number of hydrogen-bond acceptors (Lipinski definition) is 0. The second-order valence-corrected chi connectivity index (χ2v) is 5.56. The van der Waals surface area contributed by atoms with Gasteiger partial charge in [0.25, 0.3) is 0 Å². The molecule has 0 saturated carbocycles. The minimum absolute atomic E-state index is 0.300. The van der Waals surface area contributed by atoms with Crippen molar-refractivity contribution in [2.45, 2.75) is 19.8 Å². The third-order valence-electron chi connectivity index (χ3n) is 4.10. The van der Waals surface area contributed by atoms with Crippen molar-refractivity contribution in [1.29, 1.82) is 0 Å². The summed E-state index contributed by atoms with van der Waals surface area (Å²) < 4.78 is 0. The molecule has 0 atom stereocenters. The molecule has 0 fully saturated rings. The lowest BCUT2D eigenvalue weighted by atomic mass is 9.81. The Hall–Kier alpha value is -2.34. The predicted molar refractivity (Wildman–Crippen MR) is 89.7 cm³/mol. The van der Waals surface area contributed by atoms with Crippen LogP contribution in [0.2, 0.25) is 0 Å². The quantitative estimate of drug-likeness (QED) is 0.553. The summed E-state index contributed by atoms with van der Waals surface area (Å²) in [5, 5.41) is 0. The molecule has 0 spiro atoms. The SMILES string of the molecule is Cc1cccc(C)c1C(c1ccccc1)c1ccccc1. The van der Waals surface area contributed by atoms with Crippen LogP contribution in [0.15, 0.2) is 78.9 Å². The van der Waals surface area contributed by atoms with Crippen LogP contribution in [0.5, 0.6) is 0 Å². The molecule has 3 rings (SSSR count). The van der Waals surface area contributed by atoms with Crippen LogP contribution in [-0.2, 0) is 0 Å². The Morgan fingerprint density at radius 1 is 0.524 bits per heavy atom. The molecule has 0 amide bonds. The first kappa shape index (κ1) is 13.6. The molecule has 0 aliphatic rings. The van der Waals surface area contributed by atoms with Gasteiger partial charge < -0.3 is 0 Å². The lowest BCUT2D eigenvalue weighted by Gasteiger charge is -2.23. The zero-order valence-electron chi connectivity index (χ0n) is 12.6. The summed E-state index contributed by atoms with van der Waals surface area (Å²) in [6, 6.07) is 28.1. The van der Waals surface area contributed by atoms with E-state index in [1.165, 1.54) is 27.8 Å². The molecule has 0 aliphatic heterocycles. The lowest BCUT2D eigenvalue weighted by Crippen LogP contribution is -2.07. The molecule has 0 aliphatic carbocycles. The zero-order chi connectivity index (χ0) is 14.7. The van der Waals surface area contributed by atoms with Crippen molar-refractivity contribution in [3.05, 3.63) is 107 Å². The van der Waals surface area contributed by atoms with Crippen LogP contribution >= 0.6 is 0 Å². The summed E-state index contributed by atoms with van der Waals surface area (Å²) in [6.45, 7) is 4.42. The van der Waals surface area contributed by atoms with Gasteiger partial charge in [0.15, 0.2) is 0 Å². The molecule has 0 heterocycles. The van der Waals surface area contributed by atoms with E-state index < -0.39 is 0 Å². The van der Waals surface area contributed by atoms with Crippen molar-refractivity contribution in [3.63, 3.8) is 0 Å². The third-order valence-corrected chi connectivity index (χ3v) is 4.10. The van der Waals surface area contributed by atoms with Crippen LogP contribution in [-0.4, -0.2) is 0 Å². The standard InChI is InChI=1S/C21H20/c1-16-10-9-11-17(2)20(16)21(18-12-5-3-6-13-18)19-14-7-4-8-15-19/h3-15,21H,1-2H3. The monoisotopic (exact) mass is 272 g/mol. The molecule has 0 unspecified atom stereocenters. The van der Waals surface area contributed by atoms with E-state index in [0.29, 0.717) is 5.92 Å². The van der Waals surface area contributed by atoms with Gasteiger partial charge in [-0.1, -0.05) is 78.9 Å². The first-order chi connectivity index (χ1) is 10.3. The van der Waals surface area contributed by atoms with Gasteiger partial charge in [-0.2, -0.15) is 0 Å². The maximum atomic E-state index is 2.23. The van der Waals surface area contributed by atoms with Crippen LogP contribution in [0.3, 0.4) is 0 Å². The maximum Gasteiger partial charge on any atom is 0.0345 e. The summed E-state index contributed by atoms with van der Waals surface area (Å²) in [6.07, 6.45) is 0. The molecule has 3 aromatic rings. The van der Waals surface area contributed by atoms with E-state index in [1.54, 1.807) is 0 Å². The molecular formula is C21H20. The van der Waals surface area contributed by atoms with E-state index in [4.69, 9.17) is 0 Å². The average molecular weight is 272 g/mol. The summed E-state index contributed by atoms with van der Waals surface area (Å²) in [7, 11) is 0. The summed E-state index contributed by atoms with van der Waals surface area (Å²) in [5.41, 5.74) is 6.83. The molecule has 0 saturated heterocycles. The number of hydrogen-bond donors (Lipinski definition) is 0. The lowest BCUT2D eigenvalue weighted by molar-refractivity contribution is 0.948. The summed E-state index contributed by atoms with van der Waals surface area (Å²) in [5.74, 6) is 0.300. The fourth-order valence-electron chi connectivity index (χ4n) is 3.10. The zero-order valence-corrected chi connectivity index (χ0v) is 12.6. The molecule has 3 aromatic carbocycles. The van der Waals surface area contributed by atoms with E-state index in [-0.39, 0.29) is 0 Å². The maximum absolute atomic E-state index is 2.23. The Morgan fingerprint density at radius 3 is 1.38 bits per heavy atom. The van der Waals surface area contributed by atoms with Gasteiger partial charge in [-0.15, -0.1) is 0 Å². The molecule has 0 radical (unpaired) electrons. The Balaban J connectivity index is 2.23. The first-order valence-corrected chi connectivity index (χ1v) is 7.43. The molecule has 104 valence electrons. The highest BCUT2D eigenvalue weighted by atomic mass is 14.2. The predicted octanol–water partition coefficient (Wildman–Crippen LogP) is 5.48. The molecular weight excluding hydrogens is 252 g/mol. The van der Waals surface area contributed by atoms with E-state index in [0.717, 1.165) is 0 Å². The van der Waals surface area contributed by atoms with E-state index >= 15 is 0 Å². The second kappa shape index (κ2) is 5.97. The van der Waals surface area contributed by atoms with Crippen molar-refractivity contribution in [1.82, 2.24) is 0 Å². The van der Waals surface area contributed by atoms with Gasteiger partial charge in [0.1, 0.15) is 0 Å². The number of benzene rings is 3. The highest BCUT2D eigenvalue weighted by Gasteiger charge is 2.19. The van der Waals surface area contributed by atoms with Crippen LogP contribution in [0.1, 0.15) is 33.7 Å². The van der Waals surface area contributed by atoms with Gasteiger partial charge >= 0.3 is 0 Å². The Morgan fingerprint density at radius 2 is 0.952 bits per heavy atom. The average Bonchev–Trinajstić information content (AvgIpc) is 2.53. The second-order valence-electron chi connectivity index (χ2n) is 5.56. The van der Waals surface area contributed by atoms with Crippen molar-refractivity contribution in [3.8, 4) is 0 Å². The van der Waals surface area contributed by atoms with Gasteiger partial charge in [0.05, 0.1) is 0 Å². The Kier molecular flexibility index (Phi) is 3.87. The minimum atomic E-state index is 0.300. The normalized spacial score (nSPS) is 10.8. The molecule has 21 heavy (non-hydrogen) atoms. The molecule has 0 bridgehead atoms. The van der Waals surface area contributed by atoms with E-state index in [1.807, 2.05) is 0 Å². The highest BCUT2D eigenvalue weighted by Crippen LogP contribution is 2.35. The van der Waals surface area contributed by atoms with Crippen LogP contribution in [0.4, 0.5) is 0 Å². The largest absolute Gasteiger partial charge is 0.0622 e. The van der Waals surface area contributed by atoms with Gasteiger partial charge in [-0.25, -0.2) is 0 Å². The molecule has 0 nitrogen and oxygen atoms in total. The minimum Gasteiger partial charge on any atom is -0.0622 e. The Bertz CT molecular complexity index is 652. The fourth-order valence-corrected chi connectivity index (χ4v) is 3.10. The van der Waals surface area contributed by atoms with E-state index in [2.05, 4.69) is 92.7 Å². The topological polar surface area (TPSA) is 0 Å². The van der Waals surface area contributed by atoms with Crippen molar-refractivity contribution in [2.24, 2.45) is 0 Å². The third kappa shape index (κ3) is 2.75. The van der Waals surface area contributed by atoms with Crippen LogP contribution in [0.25, 0.3) is 0 Å². The van der Waals surface area contributed by atoms with E-state index in [9.17, 15) is 0 Å². The van der Waals surface area contributed by atoms with Gasteiger partial charge in [-0.3, -0.25) is 0 Å². The number of aryl methyl sites for hydroxylation is 2. The first-order valence-electron chi connectivity index (χ1n) is 7.43. The number of rotatable bonds is 3. The fraction of sp³-hybridized carbons (Fsp3) is 0.143. The van der Waals surface area contributed by atoms with Crippen molar-refractivity contribution in [2.75, 3.05) is 0 Å². The Labute approximate surface area is 127 Å². The molecule has 0 heteroatoms. The van der Waals surface area contributed by atoms with Crippen LogP contribution in [0, 0.1) is 13.8 Å². The summed E-state index contributed by atoms with van der Waals surface area (Å²) in [4.78, 5) is 0. The van der Waals surface area contributed by atoms with Crippen molar-refractivity contribution >= 4 is 0 Å². The van der Waals surface area contributed by atoms with Gasteiger partial charge in [0.2, 0.25) is 0 Å². The smallest absolute Gasteiger partial charge is 0.0345 e. The van der Waals surface area contributed by atoms with Crippen LogP contribution < -0.4 is 0 Å².